The standard InChI is InChI=1S/C21H24N2O3/c1-15(18-6-3-4-7-19(18)26-2)22-21(25)17-11-9-16(10-12-17)14-23-13-5-8-20(23)24/h3-4,6-7,9-12,15H,5,8,13-14H2,1-2H3,(H,22,25)/t15-/m1/s1. The number of rotatable bonds is 6. The highest BCUT2D eigenvalue weighted by Crippen LogP contribution is 2.24. The number of methoxy groups -OCH3 is 1. The molecule has 1 aliphatic heterocycles. The Hall–Kier alpha value is -2.82. The summed E-state index contributed by atoms with van der Waals surface area (Å²) >= 11 is 0. The number of hydrogen-bond donors (Lipinski definition) is 1. The van der Waals surface area contributed by atoms with Gasteiger partial charge >= 0.3 is 0 Å². The van der Waals surface area contributed by atoms with E-state index in [0.717, 1.165) is 29.8 Å². The lowest BCUT2D eigenvalue weighted by atomic mass is 10.1. The molecule has 0 spiro atoms. The van der Waals surface area contributed by atoms with Crippen LogP contribution in [-0.2, 0) is 11.3 Å². The molecule has 1 heterocycles. The van der Waals surface area contributed by atoms with Crippen LogP contribution < -0.4 is 10.1 Å². The molecule has 0 saturated carbocycles. The number of ether oxygens (including phenoxy) is 1. The van der Waals surface area contributed by atoms with Gasteiger partial charge in [-0.3, -0.25) is 9.59 Å². The number of carbonyl (C=O) groups is 2. The Morgan fingerprint density at radius 2 is 1.92 bits per heavy atom. The van der Waals surface area contributed by atoms with Crippen LogP contribution in [-0.4, -0.2) is 30.4 Å². The van der Waals surface area contributed by atoms with E-state index in [2.05, 4.69) is 5.32 Å². The van der Waals surface area contributed by atoms with E-state index in [0.29, 0.717) is 18.5 Å². The smallest absolute Gasteiger partial charge is 0.251 e. The molecule has 2 aromatic rings. The molecule has 1 aliphatic rings. The summed E-state index contributed by atoms with van der Waals surface area (Å²) in [6.07, 6.45) is 1.57. The largest absolute Gasteiger partial charge is 0.496 e. The molecule has 136 valence electrons. The number of amides is 2. The van der Waals surface area contributed by atoms with E-state index in [9.17, 15) is 9.59 Å². The molecule has 0 aliphatic carbocycles. The zero-order valence-electron chi connectivity index (χ0n) is 15.2. The van der Waals surface area contributed by atoms with Gasteiger partial charge in [0.15, 0.2) is 0 Å². The summed E-state index contributed by atoms with van der Waals surface area (Å²) in [6.45, 7) is 3.36. The molecule has 1 saturated heterocycles. The van der Waals surface area contributed by atoms with Gasteiger partial charge in [-0.2, -0.15) is 0 Å². The number of nitrogens with one attached hydrogen (secondary N) is 1. The van der Waals surface area contributed by atoms with Crippen molar-refractivity contribution in [3.63, 3.8) is 0 Å². The molecule has 2 amide bonds. The second-order valence-corrected chi connectivity index (χ2v) is 6.55. The number of hydrogen-bond acceptors (Lipinski definition) is 3. The predicted molar refractivity (Wildman–Crippen MR) is 100.0 cm³/mol. The topological polar surface area (TPSA) is 58.6 Å². The highest BCUT2D eigenvalue weighted by Gasteiger charge is 2.20. The molecule has 0 bridgehead atoms. The summed E-state index contributed by atoms with van der Waals surface area (Å²) in [5.74, 6) is 0.829. The molecule has 3 rings (SSSR count). The van der Waals surface area contributed by atoms with Crippen molar-refractivity contribution >= 4 is 11.8 Å². The summed E-state index contributed by atoms with van der Waals surface area (Å²) in [5.41, 5.74) is 2.57. The molecule has 1 N–H and O–H groups in total. The van der Waals surface area contributed by atoms with Crippen molar-refractivity contribution in [3.8, 4) is 5.75 Å². The van der Waals surface area contributed by atoms with Crippen molar-refractivity contribution in [3.05, 3.63) is 65.2 Å². The second-order valence-electron chi connectivity index (χ2n) is 6.55. The van der Waals surface area contributed by atoms with Crippen LogP contribution in [0.4, 0.5) is 0 Å². The maximum atomic E-state index is 12.5. The summed E-state index contributed by atoms with van der Waals surface area (Å²) in [4.78, 5) is 26.1. The average molecular weight is 352 g/mol. The zero-order valence-corrected chi connectivity index (χ0v) is 15.2. The number of para-hydroxylation sites is 1. The monoisotopic (exact) mass is 352 g/mol. The van der Waals surface area contributed by atoms with Crippen LogP contribution >= 0.6 is 0 Å². The van der Waals surface area contributed by atoms with Crippen molar-refractivity contribution in [2.75, 3.05) is 13.7 Å². The molecule has 5 nitrogen and oxygen atoms in total. The van der Waals surface area contributed by atoms with Crippen molar-refractivity contribution in [1.29, 1.82) is 0 Å². The van der Waals surface area contributed by atoms with E-state index in [1.54, 1.807) is 19.2 Å². The lowest BCUT2D eigenvalue weighted by molar-refractivity contribution is -0.128. The summed E-state index contributed by atoms with van der Waals surface area (Å²) in [7, 11) is 1.62. The van der Waals surface area contributed by atoms with Crippen molar-refractivity contribution in [2.24, 2.45) is 0 Å². The van der Waals surface area contributed by atoms with Crippen molar-refractivity contribution in [2.45, 2.75) is 32.4 Å². The first-order valence-electron chi connectivity index (χ1n) is 8.89. The van der Waals surface area contributed by atoms with Crippen LogP contribution in [0.3, 0.4) is 0 Å². The first kappa shape index (κ1) is 18.0. The quantitative estimate of drug-likeness (QED) is 0.868. The Balaban J connectivity index is 1.63. The van der Waals surface area contributed by atoms with Crippen LogP contribution in [0.25, 0.3) is 0 Å². The number of benzene rings is 2. The molecule has 0 radical (unpaired) electrons. The van der Waals surface area contributed by atoms with Gasteiger partial charge in [0.05, 0.1) is 13.2 Å². The van der Waals surface area contributed by atoms with E-state index >= 15 is 0 Å². The van der Waals surface area contributed by atoms with E-state index in [-0.39, 0.29) is 17.9 Å². The van der Waals surface area contributed by atoms with Gasteiger partial charge < -0.3 is 15.0 Å². The molecular weight excluding hydrogens is 328 g/mol. The molecular formula is C21H24N2O3. The molecule has 0 aromatic heterocycles. The lowest BCUT2D eigenvalue weighted by Crippen LogP contribution is -2.27. The Kier molecular flexibility index (Phi) is 5.56. The SMILES string of the molecule is COc1ccccc1[C@@H](C)NC(=O)c1ccc(CN2CCCC2=O)cc1. The third kappa shape index (κ3) is 4.04. The van der Waals surface area contributed by atoms with Gasteiger partial charge in [0.25, 0.3) is 5.91 Å². The fraction of sp³-hybridized carbons (Fsp3) is 0.333. The molecule has 1 atom stereocenters. The molecule has 0 unspecified atom stereocenters. The summed E-state index contributed by atoms with van der Waals surface area (Å²) in [5, 5.41) is 3.00. The van der Waals surface area contributed by atoms with E-state index in [4.69, 9.17) is 4.74 Å². The average Bonchev–Trinajstić information content (AvgIpc) is 3.06. The van der Waals surface area contributed by atoms with E-state index in [1.807, 2.05) is 48.2 Å². The molecule has 1 fully saturated rings. The van der Waals surface area contributed by atoms with Crippen LogP contribution in [0.2, 0.25) is 0 Å². The second kappa shape index (κ2) is 8.04. The Bertz CT molecular complexity index is 786. The molecule has 5 heteroatoms. The van der Waals surface area contributed by atoms with E-state index in [1.165, 1.54) is 0 Å². The minimum atomic E-state index is -0.166. The van der Waals surface area contributed by atoms with Gasteiger partial charge in [-0.15, -0.1) is 0 Å². The van der Waals surface area contributed by atoms with E-state index < -0.39 is 0 Å². The predicted octanol–water partition coefficient (Wildman–Crippen LogP) is 3.31. The lowest BCUT2D eigenvalue weighted by Gasteiger charge is -2.18. The van der Waals surface area contributed by atoms with Gasteiger partial charge in [0.1, 0.15) is 5.75 Å². The maximum Gasteiger partial charge on any atom is 0.251 e. The van der Waals surface area contributed by atoms with Crippen LogP contribution in [0, 0.1) is 0 Å². The first-order valence-corrected chi connectivity index (χ1v) is 8.89. The summed E-state index contributed by atoms with van der Waals surface area (Å²) in [6, 6.07) is 14.9. The van der Waals surface area contributed by atoms with Crippen molar-refractivity contribution < 1.29 is 14.3 Å². The van der Waals surface area contributed by atoms with Gasteiger partial charge in [-0.25, -0.2) is 0 Å². The number of nitrogens with zero attached hydrogens (tertiary/aromatic N) is 1. The maximum absolute atomic E-state index is 12.5. The molecule has 2 aromatic carbocycles. The summed E-state index contributed by atoms with van der Waals surface area (Å²) < 4.78 is 5.36. The van der Waals surface area contributed by atoms with Crippen molar-refractivity contribution in [1.82, 2.24) is 10.2 Å². The van der Waals surface area contributed by atoms with Gasteiger partial charge in [-0.1, -0.05) is 30.3 Å². The third-order valence-corrected chi connectivity index (χ3v) is 4.71. The fourth-order valence-electron chi connectivity index (χ4n) is 3.23. The highest BCUT2D eigenvalue weighted by molar-refractivity contribution is 5.94. The zero-order chi connectivity index (χ0) is 18.5. The first-order chi connectivity index (χ1) is 12.6. The van der Waals surface area contributed by atoms with Crippen LogP contribution in [0.1, 0.15) is 47.3 Å². The third-order valence-electron chi connectivity index (χ3n) is 4.71. The fourth-order valence-corrected chi connectivity index (χ4v) is 3.23. The van der Waals surface area contributed by atoms with Gasteiger partial charge in [0.2, 0.25) is 5.91 Å². The highest BCUT2D eigenvalue weighted by atomic mass is 16.5. The van der Waals surface area contributed by atoms with Crippen LogP contribution in [0.15, 0.2) is 48.5 Å². The van der Waals surface area contributed by atoms with Gasteiger partial charge in [-0.05, 0) is 37.1 Å². The molecule has 26 heavy (non-hydrogen) atoms. The van der Waals surface area contributed by atoms with Gasteiger partial charge in [0, 0.05) is 30.6 Å². The number of likely N-dealkylation sites (tertiary alicyclic amines) is 1. The van der Waals surface area contributed by atoms with Crippen LogP contribution in [0.5, 0.6) is 5.75 Å². The Labute approximate surface area is 154 Å². The Morgan fingerprint density at radius 3 is 2.58 bits per heavy atom. The minimum Gasteiger partial charge on any atom is -0.496 e. The number of carbonyl (C=O) groups excluding carboxylic acids is 2. The minimum absolute atomic E-state index is 0.132. The Morgan fingerprint density at radius 1 is 1.19 bits per heavy atom. The normalized spacial score (nSPS) is 15.0.